The van der Waals surface area contributed by atoms with E-state index in [1.54, 1.807) is 18.2 Å². The van der Waals surface area contributed by atoms with Gasteiger partial charge in [-0.1, -0.05) is 16.8 Å². The molecule has 18 heavy (non-hydrogen) atoms. The van der Waals surface area contributed by atoms with E-state index >= 15 is 0 Å². The summed E-state index contributed by atoms with van der Waals surface area (Å²) >= 11 is 6.06. The number of nitrogens with one attached hydrogen (secondary N) is 1. The van der Waals surface area contributed by atoms with Crippen LogP contribution in [0, 0.1) is 25.2 Å². The van der Waals surface area contributed by atoms with Gasteiger partial charge in [0.15, 0.2) is 0 Å². The monoisotopic (exact) mass is 261 g/mol. The smallest absolute Gasteiger partial charge is 0.138 e. The van der Waals surface area contributed by atoms with E-state index < -0.39 is 0 Å². The number of benzene rings is 1. The van der Waals surface area contributed by atoms with Crippen LogP contribution >= 0.6 is 11.6 Å². The number of rotatable bonds is 3. The number of nitrogens with zero attached hydrogens (tertiary/aromatic N) is 2. The molecule has 1 aromatic carbocycles. The predicted octanol–water partition coefficient (Wildman–Crippen LogP) is 3.43. The molecular weight excluding hydrogens is 250 g/mol. The van der Waals surface area contributed by atoms with Gasteiger partial charge in [-0.3, -0.25) is 0 Å². The fourth-order valence-corrected chi connectivity index (χ4v) is 1.85. The second-order valence-corrected chi connectivity index (χ2v) is 4.37. The Morgan fingerprint density at radius 2 is 2.22 bits per heavy atom. The Morgan fingerprint density at radius 3 is 2.83 bits per heavy atom. The highest BCUT2D eigenvalue weighted by Crippen LogP contribution is 2.24. The number of hydrogen-bond acceptors (Lipinski definition) is 4. The van der Waals surface area contributed by atoms with Crippen LogP contribution in [0.15, 0.2) is 22.7 Å². The van der Waals surface area contributed by atoms with Gasteiger partial charge in [-0.05, 0) is 32.0 Å². The van der Waals surface area contributed by atoms with Crippen LogP contribution in [-0.4, -0.2) is 5.16 Å². The van der Waals surface area contributed by atoms with Crippen LogP contribution in [0.4, 0.5) is 5.69 Å². The quantitative estimate of drug-likeness (QED) is 0.919. The summed E-state index contributed by atoms with van der Waals surface area (Å²) in [6, 6.07) is 7.19. The van der Waals surface area contributed by atoms with E-state index in [2.05, 4.69) is 16.5 Å². The van der Waals surface area contributed by atoms with Gasteiger partial charge in [0.05, 0.1) is 28.0 Å². The van der Waals surface area contributed by atoms with Gasteiger partial charge in [0, 0.05) is 12.1 Å². The Bertz CT molecular complexity index is 594. The maximum atomic E-state index is 8.85. The van der Waals surface area contributed by atoms with Crippen LogP contribution in [-0.2, 0) is 6.54 Å². The Morgan fingerprint density at radius 1 is 1.44 bits per heavy atom. The largest absolute Gasteiger partial charge is 0.380 e. The van der Waals surface area contributed by atoms with Crippen LogP contribution in [0.5, 0.6) is 0 Å². The van der Waals surface area contributed by atoms with E-state index in [1.165, 1.54) is 0 Å². The zero-order chi connectivity index (χ0) is 13.1. The van der Waals surface area contributed by atoms with Crippen molar-refractivity contribution in [1.29, 1.82) is 5.26 Å². The first-order valence-corrected chi connectivity index (χ1v) is 5.85. The molecule has 1 N–H and O–H groups in total. The number of nitriles is 1. The van der Waals surface area contributed by atoms with Crippen molar-refractivity contribution >= 4 is 17.3 Å². The molecule has 0 atom stereocenters. The molecule has 92 valence electrons. The lowest BCUT2D eigenvalue weighted by Crippen LogP contribution is -2.02. The van der Waals surface area contributed by atoms with Crippen molar-refractivity contribution in [2.75, 3.05) is 5.32 Å². The van der Waals surface area contributed by atoms with Crippen LogP contribution in [0.1, 0.15) is 22.6 Å². The Labute approximate surface area is 110 Å². The number of hydrogen-bond donors (Lipinski definition) is 1. The highest BCUT2D eigenvalue weighted by molar-refractivity contribution is 6.33. The van der Waals surface area contributed by atoms with Crippen molar-refractivity contribution in [2.45, 2.75) is 20.4 Å². The third kappa shape index (κ3) is 2.47. The first-order chi connectivity index (χ1) is 8.61. The van der Waals surface area contributed by atoms with Gasteiger partial charge in [0.1, 0.15) is 5.76 Å². The van der Waals surface area contributed by atoms with Crippen molar-refractivity contribution in [3.05, 3.63) is 45.8 Å². The van der Waals surface area contributed by atoms with Crippen LogP contribution in [0.3, 0.4) is 0 Å². The molecule has 0 aliphatic heterocycles. The lowest BCUT2D eigenvalue weighted by molar-refractivity contribution is 0.392. The molecule has 0 unspecified atom stereocenters. The maximum Gasteiger partial charge on any atom is 0.138 e. The summed E-state index contributed by atoms with van der Waals surface area (Å²) in [5.74, 6) is 0.785. The molecule has 2 aromatic rings. The van der Waals surface area contributed by atoms with Crippen LogP contribution in [0.2, 0.25) is 5.02 Å². The minimum atomic E-state index is 0.565. The molecule has 0 spiro atoms. The summed E-state index contributed by atoms with van der Waals surface area (Å²) in [6.45, 7) is 4.32. The van der Waals surface area contributed by atoms with Crippen molar-refractivity contribution in [3.8, 4) is 6.07 Å². The van der Waals surface area contributed by atoms with E-state index in [-0.39, 0.29) is 0 Å². The fourth-order valence-electron chi connectivity index (χ4n) is 1.67. The minimum Gasteiger partial charge on any atom is -0.380 e. The molecular formula is C13H12ClN3O. The standard InChI is InChI=1S/C13H12ClN3O/c1-8-11(9(2)18-17-8)7-16-13-5-10(6-15)3-4-12(13)14/h3-5,16H,7H2,1-2H3. The molecule has 0 amide bonds. The third-order valence-electron chi connectivity index (χ3n) is 2.73. The fraction of sp³-hybridized carbons (Fsp3) is 0.231. The zero-order valence-corrected chi connectivity index (χ0v) is 10.9. The average molecular weight is 262 g/mol. The lowest BCUT2D eigenvalue weighted by atomic mass is 10.2. The Kier molecular flexibility index (Phi) is 3.54. The molecule has 0 saturated carbocycles. The van der Waals surface area contributed by atoms with Gasteiger partial charge in [0.25, 0.3) is 0 Å². The number of aryl methyl sites for hydroxylation is 2. The first kappa shape index (κ1) is 12.5. The molecule has 0 aliphatic rings. The average Bonchev–Trinajstić information content (AvgIpc) is 2.68. The van der Waals surface area contributed by atoms with E-state index in [9.17, 15) is 0 Å². The third-order valence-corrected chi connectivity index (χ3v) is 3.06. The summed E-state index contributed by atoms with van der Waals surface area (Å²) in [5.41, 5.74) is 3.16. The molecule has 0 radical (unpaired) electrons. The summed E-state index contributed by atoms with van der Waals surface area (Å²) in [7, 11) is 0. The molecule has 0 bridgehead atoms. The number of aromatic nitrogens is 1. The van der Waals surface area contributed by atoms with Gasteiger partial charge in [-0.2, -0.15) is 5.26 Å². The van der Waals surface area contributed by atoms with Crippen molar-refractivity contribution < 1.29 is 4.52 Å². The molecule has 0 aliphatic carbocycles. The van der Waals surface area contributed by atoms with Crippen molar-refractivity contribution in [3.63, 3.8) is 0 Å². The van der Waals surface area contributed by atoms with Crippen LogP contribution in [0.25, 0.3) is 0 Å². The number of anilines is 1. The highest BCUT2D eigenvalue weighted by Gasteiger charge is 2.09. The summed E-state index contributed by atoms with van der Waals surface area (Å²) in [5, 5.41) is 16.5. The Hall–Kier alpha value is -1.99. The maximum absolute atomic E-state index is 8.85. The molecule has 0 fully saturated rings. The van der Waals surface area contributed by atoms with Gasteiger partial charge in [-0.15, -0.1) is 0 Å². The van der Waals surface area contributed by atoms with E-state index in [0.29, 0.717) is 17.1 Å². The van der Waals surface area contributed by atoms with Gasteiger partial charge in [-0.25, -0.2) is 0 Å². The molecule has 2 rings (SSSR count). The summed E-state index contributed by atoms with van der Waals surface area (Å²) < 4.78 is 5.08. The second kappa shape index (κ2) is 5.11. The topological polar surface area (TPSA) is 61.9 Å². The molecule has 1 heterocycles. The first-order valence-electron chi connectivity index (χ1n) is 5.47. The number of halogens is 1. The predicted molar refractivity (Wildman–Crippen MR) is 69.5 cm³/mol. The summed E-state index contributed by atoms with van der Waals surface area (Å²) in [6.07, 6.45) is 0. The van der Waals surface area contributed by atoms with Gasteiger partial charge < -0.3 is 9.84 Å². The van der Waals surface area contributed by atoms with Crippen molar-refractivity contribution in [2.24, 2.45) is 0 Å². The van der Waals surface area contributed by atoms with E-state index in [0.717, 1.165) is 22.7 Å². The van der Waals surface area contributed by atoms with E-state index in [1.807, 2.05) is 13.8 Å². The van der Waals surface area contributed by atoms with Gasteiger partial charge in [0.2, 0.25) is 0 Å². The normalized spacial score (nSPS) is 10.1. The Balaban J connectivity index is 2.18. The van der Waals surface area contributed by atoms with Gasteiger partial charge >= 0.3 is 0 Å². The highest BCUT2D eigenvalue weighted by atomic mass is 35.5. The molecule has 1 aromatic heterocycles. The second-order valence-electron chi connectivity index (χ2n) is 3.96. The van der Waals surface area contributed by atoms with Crippen LogP contribution < -0.4 is 5.32 Å². The van der Waals surface area contributed by atoms with Crippen molar-refractivity contribution in [1.82, 2.24) is 5.16 Å². The lowest BCUT2D eigenvalue weighted by Gasteiger charge is -2.08. The molecule has 0 saturated heterocycles. The minimum absolute atomic E-state index is 0.565. The molecule has 5 heteroatoms. The van der Waals surface area contributed by atoms with E-state index in [4.69, 9.17) is 21.4 Å². The SMILES string of the molecule is Cc1noc(C)c1CNc1cc(C#N)ccc1Cl. The molecule has 4 nitrogen and oxygen atoms in total. The summed E-state index contributed by atoms with van der Waals surface area (Å²) in [4.78, 5) is 0. The zero-order valence-electron chi connectivity index (χ0n) is 10.1.